The molecule has 2 fully saturated rings. The third-order valence-corrected chi connectivity index (χ3v) is 5.94. The number of carboxylic acid groups (broad SMARTS) is 1. The molecule has 2 aliphatic heterocycles. The second kappa shape index (κ2) is 5.53. The van der Waals surface area contributed by atoms with Gasteiger partial charge in [-0.1, -0.05) is 12.1 Å². The van der Waals surface area contributed by atoms with Crippen molar-refractivity contribution in [2.24, 2.45) is 11.3 Å². The number of carbonyl (C=O) groups is 1. The van der Waals surface area contributed by atoms with Crippen LogP contribution in [0.15, 0.2) is 4.52 Å². The van der Waals surface area contributed by atoms with Crippen molar-refractivity contribution < 1.29 is 22.8 Å². The Morgan fingerprint density at radius 2 is 2.17 bits per heavy atom. The highest BCUT2D eigenvalue weighted by atomic mass is 32.2. The van der Waals surface area contributed by atoms with Crippen molar-refractivity contribution in [2.45, 2.75) is 19.9 Å². The Morgan fingerprint density at radius 3 is 2.70 bits per heavy atom. The number of hydrogen-bond donors (Lipinski definition) is 1. The first-order valence-corrected chi connectivity index (χ1v) is 9.32. The second-order valence-corrected chi connectivity index (χ2v) is 8.32. The minimum absolute atomic E-state index is 0.0202. The van der Waals surface area contributed by atoms with E-state index in [1.807, 2.05) is 11.8 Å². The van der Waals surface area contributed by atoms with Crippen LogP contribution in [0.3, 0.4) is 0 Å². The molecule has 23 heavy (non-hydrogen) atoms. The van der Waals surface area contributed by atoms with E-state index >= 15 is 0 Å². The van der Waals surface area contributed by atoms with Crippen molar-refractivity contribution in [1.29, 1.82) is 0 Å². The van der Waals surface area contributed by atoms with E-state index in [9.17, 15) is 18.3 Å². The van der Waals surface area contributed by atoms with E-state index in [0.717, 1.165) is 6.26 Å². The fourth-order valence-corrected chi connectivity index (χ4v) is 4.40. The number of likely N-dealkylation sites (tertiary alicyclic amines) is 1. The molecule has 2 aliphatic rings. The summed E-state index contributed by atoms with van der Waals surface area (Å²) < 4.78 is 29.9. The molecule has 2 atom stereocenters. The molecule has 3 heterocycles. The van der Waals surface area contributed by atoms with Crippen molar-refractivity contribution in [1.82, 2.24) is 19.3 Å². The summed E-state index contributed by atoms with van der Waals surface area (Å²) >= 11 is 0. The molecule has 0 spiro atoms. The fourth-order valence-electron chi connectivity index (χ4n) is 3.49. The van der Waals surface area contributed by atoms with Crippen molar-refractivity contribution in [2.75, 3.05) is 32.4 Å². The average Bonchev–Trinajstić information content (AvgIpc) is 3.10. The van der Waals surface area contributed by atoms with E-state index in [1.54, 1.807) is 0 Å². The van der Waals surface area contributed by atoms with Gasteiger partial charge in [-0.25, -0.2) is 12.7 Å². The SMILES string of the molecule is CCc1noc(CN2C[C@@H]3CN(S(C)(=O)=O)C[C@]3(C(=O)O)C2)n1. The molecule has 1 aromatic heterocycles. The highest BCUT2D eigenvalue weighted by Gasteiger charge is 2.59. The monoisotopic (exact) mass is 344 g/mol. The average molecular weight is 344 g/mol. The van der Waals surface area contributed by atoms with Gasteiger partial charge >= 0.3 is 5.97 Å². The zero-order valence-electron chi connectivity index (χ0n) is 13.1. The van der Waals surface area contributed by atoms with Crippen molar-refractivity contribution in [3.8, 4) is 0 Å². The Morgan fingerprint density at radius 1 is 1.43 bits per heavy atom. The molecule has 0 amide bonds. The van der Waals surface area contributed by atoms with E-state index in [0.29, 0.717) is 31.2 Å². The highest BCUT2D eigenvalue weighted by Crippen LogP contribution is 2.43. The highest BCUT2D eigenvalue weighted by molar-refractivity contribution is 7.88. The minimum atomic E-state index is -3.38. The smallest absolute Gasteiger partial charge is 0.312 e. The molecule has 0 aliphatic carbocycles. The third kappa shape index (κ3) is 2.86. The van der Waals surface area contributed by atoms with Gasteiger partial charge in [0.25, 0.3) is 0 Å². The summed E-state index contributed by atoms with van der Waals surface area (Å²) in [7, 11) is -3.38. The maximum Gasteiger partial charge on any atom is 0.312 e. The maximum absolute atomic E-state index is 11.8. The summed E-state index contributed by atoms with van der Waals surface area (Å²) in [5.74, 6) is -0.0999. The number of fused-ring (bicyclic) bond motifs is 1. The van der Waals surface area contributed by atoms with Gasteiger partial charge in [0.2, 0.25) is 15.9 Å². The Labute approximate surface area is 134 Å². The van der Waals surface area contributed by atoms with Gasteiger partial charge in [0, 0.05) is 38.5 Å². The molecule has 0 radical (unpaired) electrons. The van der Waals surface area contributed by atoms with Crippen LogP contribution in [0, 0.1) is 11.3 Å². The standard InChI is InChI=1S/C13H20N4O5S/c1-3-10-14-11(22-15-10)6-16-4-9-5-17(23(2,20)21)8-13(9,7-16)12(18)19/h9H,3-8H2,1-2H3,(H,18,19)/t9-,13-/m1/s1. The van der Waals surface area contributed by atoms with Gasteiger partial charge in [-0.3, -0.25) is 9.69 Å². The van der Waals surface area contributed by atoms with Crippen LogP contribution in [0.5, 0.6) is 0 Å². The normalized spacial score (nSPS) is 29.0. The van der Waals surface area contributed by atoms with Crippen LogP contribution < -0.4 is 0 Å². The summed E-state index contributed by atoms with van der Waals surface area (Å²) in [6.07, 6.45) is 1.79. The molecule has 0 unspecified atom stereocenters. The maximum atomic E-state index is 11.8. The van der Waals surface area contributed by atoms with Crippen LogP contribution in [-0.2, 0) is 27.8 Å². The number of hydrogen-bond acceptors (Lipinski definition) is 7. The van der Waals surface area contributed by atoms with E-state index in [4.69, 9.17) is 4.52 Å². The first kappa shape index (κ1) is 16.3. The molecule has 128 valence electrons. The van der Waals surface area contributed by atoms with Gasteiger partial charge in [0.05, 0.1) is 18.2 Å². The van der Waals surface area contributed by atoms with Gasteiger partial charge in [-0.15, -0.1) is 0 Å². The molecule has 0 aromatic carbocycles. The number of nitrogens with zero attached hydrogens (tertiary/aromatic N) is 4. The number of rotatable bonds is 5. The fraction of sp³-hybridized carbons (Fsp3) is 0.769. The summed E-state index contributed by atoms with van der Waals surface area (Å²) in [6.45, 7) is 3.36. The number of aromatic nitrogens is 2. The summed E-state index contributed by atoms with van der Waals surface area (Å²) in [5.41, 5.74) is -1.06. The number of aryl methyl sites for hydroxylation is 1. The summed E-state index contributed by atoms with van der Waals surface area (Å²) in [4.78, 5) is 18.0. The molecule has 0 saturated carbocycles. The van der Waals surface area contributed by atoms with Crippen LogP contribution in [0.4, 0.5) is 0 Å². The summed E-state index contributed by atoms with van der Waals surface area (Å²) in [6, 6.07) is 0. The van der Waals surface area contributed by atoms with E-state index in [-0.39, 0.29) is 25.6 Å². The number of carboxylic acids is 1. The first-order chi connectivity index (χ1) is 10.7. The van der Waals surface area contributed by atoms with E-state index < -0.39 is 21.4 Å². The Kier molecular flexibility index (Phi) is 3.93. The molecule has 3 rings (SSSR count). The quantitative estimate of drug-likeness (QED) is 0.753. The molecule has 2 saturated heterocycles. The predicted octanol–water partition coefficient (Wildman–Crippen LogP) is -0.590. The lowest BCUT2D eigenvalue weighted by molar-refractivity contribution is -0.148. The Balaban J connectivity index is 1.75. The number of sulfonamides is 1. The zero-order chi connectivity index (χ0) is 16.8. The van der Waals surface area contributed by atoms with Gasteiger partial charge in [0.1, 0.15) is 0 Å². The molecule has 0 bridgehead atoms. The van der Waals surface area contributed by atoms with Crippen LogP contribution in [-0.4, -0.2) is 71.3 Å². The first-order valence-electron chi connectivity index (χ1n) is 7.47. The molecule has 1 aromatic rings. The minimum Gasteiger partial charge on any atom is -0.481 e. The predicted molar refractivity (Wildman–Crippen MR) is 78.9 cm³/mol. The lowest BCUT2D eigenvalue weighted by Gasteiger charge is -2.24. The van der Waals surface area contributed by atoms with E-state index in [1.165, 1.54) is 4.31 Å². The molecular weight excluding hydrogens is 324 g/mol. The molecule has 10 heteroatoms. The van der Waals surface area contributed by atoms with Crippen LogP contribution in [0.2, 0.25) is 0 Å². The molecule has 1 N–H and O–H groups in total. The molecule has 9 nitrogen and oxygen atoms in total. The zero-order valence-corrected chi connectivity index (χ0v) is 13.9. The molecular formula is C13H20N4O5S. The Hall–Kier alpha value is -1.52. The Bertz CT molecular complexity index is 718. The van der Waals surface area contributed by atoms with Crippen LogP contribution in [0.1, 0.15) is 18.6 Å². The van der Waals surface area contributed by atoms with E-state index in [2.05, 4.69) is 10.1 Å². The third-order valence-electron chi connectivity index (χ3n) is 4.73. The van der Waals surface area contributed by atoms with Crippen LogP contribution in [0.25, 0.3) is 0 Å². The number of aliphatic carboxylic acids is 1. The lowest BCUT2D eigenvalue weighted by Crippen LogP contribution is -2.41. The largest absolute Gasteiger partial charge is 0.481 e. The van der Waals surface area contributed by atoms with Crippen molar-refractivity contribution in [3.05, 3.63) is 11.7 Å². The van der Waals surface area contributed by atoms with Gasteiger partial charge in [0.15, 0.2) is 5.82 Å². The topological polar surface area (TPSA) is 117 Å². The summed E-state index contributed by atoms with van der Waals surface area (Å²) in [5, 5.41) is 13.5. The van der Waals surface area contributed by atoms with Crippen molar-refractivity contribution in [3.63, 3.8) is 0 Å². The lowest BCUT2D eigenvalue weighted by atomic mass is 9.81. The van der Waals surface area contributed by atoms with Crippen molar-refractivity contribution >= 4 is 16.0 Å². The van der Waals surface area contributed by atoms with Gasteiger partial charge in [-0.05, 0) is 0 Å². The van der Waals surface area contributed by atoms with Crippen LogP contribution >= 0.6 is 0 Å². The van der Waals surface area contributed by atoms with Gasteiger partial charge in [-0.2, -0.15) is 4.98 Å². The van der Waals surface area contributed by atoms with Gasteiger partial charge < -0.3 is 9.63 Å². The second-order valence-electron chi connectivity index (χ2n) is 6.34.